The van der Waals surface area contributed by atoms with Crippen LogP contribution in [0.5, 0.6) is 0 Å². The third-order valence-electron chi connectivity index (χ3n) is 2.43. The number of esters is 1. The number of carbonyl (C=O) groups excluding carboxylic acids is 3. The monoisotopic (exact) mass is 332 g/mol. The molecule has 0 aliphatic rings. The van der Waals surface area contributed by atoms with Crippen LogP contribution in [0.1, 0.15) is 29.9 Å². The number of thiophene rings is 1. The second-order valence-electron chi connectivity index (χ2n) is 4.26. The molecule has 8 heteroatoms. The maximum absolute atomic E-state index is 11.6. The van der Waals surface area contributed by atoms with E-state index in [1.165, 1.54) is 6.07 Å². The highest BCUT2D eigenvalue weighted by Crippen LogP contribution is 2.21. The van der Waals surface area contributed by atoms with Crippen LogP contribution >= 0.6 is 22.9 Å². The molecular weight excluding hydrogens is 316 g/mol. The molecular formula is C13H17ClN2O4S. The molecule has 1 atom stereocenters. The first kappa shape index (κ1) is 17.5. The fourth-order valence-corrected chi connectivity index (χ4v) is 2.31. The molecule has 1 rings (SSSR count). The largest absolute Gasteiger partial charge is 0.451 e. The first-order valence-corrected chi connectivity index (χ1v) is 7.63. The lowest BCUT2D eigenvalue weighted by Crippen LogP contribution is -2.46. The van der Waals surface area contributed by atoms with Gasteiger partial charge in [0.1, 0.15) is 10.9 Å². The Balaban J connectivity index is 2.33. The molecule has 0 bridgehead atoms. The maximum atomic E-state index is 11.6. The molecule has 0 aliphatic carbocycles. The molecule has 1 heterocycles. The van der Waals surface area contributed by atoms with Crippen LogP contribution in [-0.2, 0) is 14.3 Å². The van der Waals surface area contributed by atoms with Gasteiger partial charge in [-0.1, -0.05) is 18.5 Å². The molecule has 2 amide bonds. The molecule has 0 spiro atoms. The number of hydrogen-bond donors (Lipinski definition) is 2. The summed E-state index contributed by atoms with van der Waals surface area (Å²) in [6.45, 7) is 3.59. The van der Waals surface area contributed by atoms with Crippen LogP contribution in [0.3, 0.4) is 0 Å². The van der Waals surface area contributed by atoms with Gasteiger partial charge in [-0.15, -0.1) is 11.3 Å². The highest BCUT2D eigenvalue weighted by Gasteiger charge is 2.17. The second-order valence-corrected chi connectivity index (χ2v) is 5.98. The second kappa shape index (κ2) is 8.63. The molecule has 1 aromatic rings. The van der Waals surface area contributed by atoms with E-state index < -0.39 is 24.5 Å². The van der Waals surface area contributed by atoms with Gasteiger partial charge in [0.15, 0.2) is 6.61 Å². The van der Waals surface area contributed by atoms with Gasteiger partial charge in [0.25, 0.3) is 5.91 Å². The molecule has 0 radical (unpaired) electrons. The Kier molecular flexibility index (Phi) is 7.18. The molecule has 6 nitrogen and oxygen atoms in total. The minimum atomic E-state index is -0.682. The SMILES string of the molecule is CCCNC(=O)[C@@H](C)NC(=O)COC(=O)c1ccc(Cl)s1. The van der Waals surface area contributed by atoms with E-state index in [2.05, 4.69) is 10.6 Å². The topological polar surface area (TPSA) is 84.5 Å². The zero-order chi connectivity index (χ0) is 15.8. The molecule has 1 aromatic heterocycles. The van der Waals surface area contributed by atoms with Crippen LogP contribution in [0.25, 0.3) is 0 Å². The fraction of sp³-hybridized carbons (Fsp3) is 0.462. The van der Waals surface area contributed by atoms with Gasteiger partial charge in [0, 0.05) is 6.54 Å². The van der Waals surface area contributed by atoms with Crippen LogP contribution in [0.4, 0.5) is 0 Å². The van der Waals surface area contributed by atoms with Crippen LogP contribution in [0.2, 0.25) is 4.34 Å². The summed E-state index contributed by atoms with van der Waals surface area (Å²) < 4.78 is 5.30. The zero-order valence-corrected chi connectivity index (χ0v) is 13.3. The van der Waals surface area contributed by atoms with Gasteiger partial charge in [-0.25, -0.2) is 4.79 Å². The first-order valence-electron chi connectivity index (χ1n) is 6.43. The molecule has 2 N–H and O–H groups in total. The minimum absolute atomic E-state index is 0.276. The van der Waals surface area contributed by atoms with Crippen molar-refractivity contribution in [3.05, 3.63) is 21.3 Å². The summed E-state index contributed by atoms with van der Waals surface area (Å²) in [7, 11) is 0. The standard InChI is InChI=1S/C13H17ClN2O4S/c1-3-6-15-12(18)8(2)16-11(17)7-20-13(19)9-4-5-10(14)21-9/h4-5,8H,3,6-7H2,1-2H3,(H,15,18)(H,16,17)/t8-/m1/s1. The molecule has 0 saturated heterocycles. The van der Waals surface area contributed by atoms with Crippen molar-refractivity contribution >= 4 is 40.7 Å². The molecule has 0 aromatic carbocycles. The van der Waals surface area contributed by atoms with E-state index in [0.29, 0.717) is 15.8 Å². The number of halogens is 1. The van der Waals surface area contributed by atoms with E-state index in [-0.39, 0.29) is 5.91 Å². The third-order valence-corrected chi connectivity index (χ3v) is 3.64. The Morgan fingerprint density at radius 1 is 1.38 bits per heavy atom. The smallest absolute Gasteiger partial charge is 0.348 e. The van der Waals surface area contributed by atoms with Crippen molar-refractivity contribution in [2.45, 2.75) is 26.3 Å². The molecule has 21 heavy (non-hydrogen) atoms. The average molecular weight is 333 g/mol. The molecule has 0 saturated carbocycles. The fourth-order valence-electron chi connectivity index (χ4n) is 1.38. The summed E-state index contributed by atoms with van der Waals surface area (Å²) in [6, 6.07) is 2.41. The lowest BCUT2D eigenvalue weighted by Gasteiger charge is -2.13. The third kappa shape index (κ3) is 6.14. The van der Waals surface area contributed by atoms with Gasteiger partial charge in [-0.05, 0) is 25.5 Å². The van der Waals surface area contributed by atoms with E-state index in [0.717, 1.165) is 17.8 Å². The predicted molar refractivity (Wildman–Crippen MR) is 80.5 cm³/mol. The van der Waals surface area contributed by atoms with Crippen LogP contribution in [0, 0.1) is 0 Å². The van der Waals surface area contributed by atoms with Crippen LogP contribution in [-0.4, -0.2) is 37.0 Å². The molecule has 0 unspecified atom stereocenters. The van der Waals surface area contributed by atoms with Crippen molar-refractivity contribution in [1.82, 2.24) is 10.6 Å². The lowest BCUT2D eigenvalue weighted by molar-refractivity contribution is -0.130. The van der Waals surface area contributed by atoms with E-state index in [4.69, 9.17) is 16.3 Å². The van der Waals surface area contributed by atoms with Crippen molar-refractivity contribution < 1.29 is 19.1 Å². The molecule has 116 valence electrons. The highest BCUT2D eigenvalue weighted by molar-refractivity contribution is 7.17. The summed E-state index contributed by atoms with van der Waals surface area (Å²) in [4.78, 5) is 35.0. The van der Waals surface area contributed by atoms with E-state index >= 15 is 0 Å². The number of ether oxygens (including phenoxy) is 1. The number of hydrogen-bond acceptors (Lipinski definition) is 5. The summed E-state index contributed by atoms with van der Waals surface area (Å²) in [5.74, 6) is -1.43. The zero-order valence-electron chi connectivity index (χ0n) is 11.8. The Labute approximate surface area is 131 Å². The highest BCUT2D eigenvalue weighted by atomic mass is 35.5. The quantitative estimate of drug-likeness (QED) is 0.743. The van der Waals surface area contributed by atoms with Gasteiger partial charge in [0.05, 0.1) is 4.34 Å². The van der Waals surface area contributed by atoms with Crippen molar-refractivity contribution in [2.75, 3.05) is 13.2 Å². The normalized spacial score (nSPS) is 11.6. The Morgan fingerprint density at radius 3 is 2.67 bits per heavy atom. The molecule has 0 aliphatic heterocycles. The summed E-state index contributed by atoms with van der Waals surface area (Å²) in [5.41, 5.74) is 0. The van der Waals surface area contributed by atoms with Crippen LogP contribution < -0.4 is 10.6 Å². The van der Waals surface area contributed by atoms with Crippen molar-refractivity contribution in [3.63, 3.8) is 0 Å². The summed E-state index contributed by atoms with van der Waals surface area (Å²) in [6.07, 6.45) is 0.813. The van der Waals surface area contributed by atoms with Gasteiger partial charge in [-0.3, -0.25) is 9.59 Å². The maximum Gasteiger partial charge on any atom is 0.348 e. The predicted octanol–water partition coefficient (Wildman–Crippen LogP) is 1.59. The Bertz CT molecular complexity index is 518. The number of carbonyl (C=O) groups is 3. The number of amides is 2. The van der Waals surface area contributed by atoms with E-state index in [1.807, 2.05) is 6.92 Å². The Hall–Kier alpha value is -1.60. The van der Waals surface area contributed by atoms with Gasteiger partial charge in [0.2, 0.25) is 5.91 Å². The summed E-state index contributed by atoms with van der Waals surface area (Å²) >= 11 is 6.77. The Morgan fingerprint density at radius 2 is 2.10 bits per heavy atom. The van der Waals surface area contributed by atoms with Crippen LogP contribution in [0.15, 0.2) is 12.1 Å². The van der Waals surface area contributed by atoms with Gasteiger partial charge in [-0.2, -0.15) is 0 Å². The summed E-state index contributed by atoms with van der Waals surface area (Å²) in [5, 5.41) is 5.11. The van der Waals surface area contributed by atoms with Crippen molar-refractivity contribution in [1.29, 1.82) is 0 Å². The van der Waals surface area contributed by atoms with Crippen molar-refractivity contribution in [3.8, 4) is 0 Å². The van der Waals surface area contributed by atoms with Crippen molar-refractivity contribution in [2.24, 2.45) is 0 Å². The number of rotatable bonds is 7. The molecule has 0 fully saturated rings. The average Bonchev–Trinajstić information content (AvgIpc) is 2.88. The first-order chi connectivity index (χ1) is 9.93. The van der Waals surface area contributed by atoms with Gasteiger partial charge < -0.3 is 15.4 Å². The van der Waals surface area contributed by atoms with E-state index in [1.54, 1.807) is 13.0 Å². The van der Waals surface area contributed by atoms with Gasteiger partial charge >= 0.3 is 5.97 Å². The lowest BCUT2D eigenvalue weighted by atomic mass is 10.3. The number of nitrogens with one attached hydrogen (secondary N) is 2. The minimum Gasteiger partial charge on any atom is -0.451 e. The van der Waals surface area contributed by atoms with E-state index in [9.17, 15) is 14.4 Å².